The van der Waals surface area contributed by atoms with Crippen molar-refractivity contribution in [3.05, 3.63) is 69.0 Å². The Kier molecular flexibility index (Phi) is 3.66. The number of thiophene rings is 1. The predicted octanol–water partition coefficient (Wildman–Crippen LogP) is 6.30. The summed E-state index contributed by atoms with van der Waals surface area (Å²) in [6.07, 6.45) is 0. The third-order valence-electron chi connectivity index (χ3n) is 3.26. The maximum absolute atomic E-state index is 6.67. The lowest BCUT2D eigenvalue weighted by molar-refractivity contribution is 1.15. The van der Waals surface area contributed by atoms with E-state index < -0.39 is 0 Å². The van der Waals surface area contributed by atoms with Gasteiger partial charge < -0.3 is 0 Å². The molecule has 2 aromatic carbocycles. The van der Waals surface area contributed by atoms with E-state index in [1.54, 1.807) is 11.3 Å². The molecular formula is C16H12BrClS. The largest absolute Gasteiger partial charge is 0.143 e. The fourth-order valence-corrected chi connectivity index (χ4v) is 3.82. The normalized spacial score (nSPS) is 12.8. The molecule has 0 bridgehead atoms. The Labute approximate surface area is 130 Å². The lowest BCUT2D eigenvalue weighted by atomic mass is 10.0. The van der Waals surface area contributed by atoms with Gasteiger partial charge in [-0.25, -0.2) is 0 Å². The number of halogens is 2. The molecule has 1 aromatic heterocycles. The molecule has 0 radical (unpaired) electrons. The fourth-order valence-electron chi connectivity index (χ4n) is 2.20. The quantitative estimate of drug-likeness (QED) is 0.475. The van der Waals surface area contributed by atoms with Crippen LogP contribution in [0.4, 0.5) is 0 Å². The molecule has 0 aliphatic heterocycles. The van der Waals surface area contributed by atoms with E-state index in [9.17, 15) is 0 Å². The van der Waals surface area contributed by atoms with Gasteiger partial charge in [0, 0.05) is 9.17 Å². The summed E-state index contributed by atoms with van der Waals surface area (Å²) in [4.78, 5) is 0. The van der Waals surface area contributed by atoms with Crippen molar-refractivity contribution < 1.29 is 0 Å². The van der Waals surface area contributed by atoms with Crippen molar-refractivity contribution in [2.75, 3.05) is 0 Å². The molecule has 0 nitrogen and oxygen atoms in total. The van der Waals surface area contributed by atoms with Crippen molar-refractivity contribution in [3.8, 4) is 0 Å². The second-order valence-corrected chi connectivity index (χ2v) is 6.76. The Morgan fingerprint density at radius 3 is 2.74 bits per heavy atom. The monoisotopic (exact) mass is 350 g/mol. The molecular weight excluding hydrogens is 340 g/mol. The van der Waals surface area contributed by atoms with Crippen molar-refractivity contribution in [3.63, 3.8) is 0 Å². The summed E-state index contributed by atoms with van der Waals surface area (Å²) in [5.74, 6) is 0. The van der Waals surface area contributed by atoms with Gasteiger partial charge in [0.25, 0.3) is 0 Å². The zero-order chi connectivity index (χ0) is 13.4. The van der Waals surface area contributed by atoms with Crippen LogP contribution in [0, 0.1) is 6.92 Å². The van der Waals surface area contributed by atoms with E-state index >= 15 is 0 Å². The zero-order valence-electron chi connectivity index (χ0n) is 10.4. The van der Waals surface area contributed by atoms with Gasteiger partial charge in [0.1, 0.15) is 0 Å². The standard InChI is InChI=1S/C16H12BrClS/c1-10-8-11(6-7-14(10)17)16(18)13-9-19-15-5-3-2-4-12(13)15/h2-9,16H,1H3. The fraction of sp³-hybridized carbons (Fsp3) is 0.125. The third-order valence-corrected chi connectivity index (χ3v) is 5.62. The third kappa shape index (κ3) is 2.45. The molecule has 3 heteroatoms. The molecule has 3 aromatic rings. The van der Waals surface area contributed by atoms with Crippen molar-refractivity contribution in [1.29, 1.82) is 0 Å². The van der Waals surface area contributed by atoms with Gasteiger partial charge in [-0.1, -0.05) is 46.3 Å². The van der Waals surface area contributed by atoms with Gasteiger partial charge in [0.15, 0.2) is 0 Å². The molecule has 96 valence electrons. The summed E-state index contributed by atoms with van der Waals surface area (Å²) >= 11 is 11.9. The highest BCUT2D eigenvalue weighted by Crippen LogP contribution is 2.38. The van der Waals surface area contributed by atoms with Crippen molar-refractivity contribution in [2.24, 2.45) is 0 Å². The average Bonchev–Trinajstić information content (AvgIpc) is 2.85. The maximum atomic E-state index is 6.67. The highest BCUT2D eigenvalue weighted by atomic mass is 79.9. The van der Waals surface area contributed by atoms with Crippen LogP contribution in [-0.4, -0.2) is 0 Å². The lowest BCUT2D eigenvalue weighted by Gasteiger charge is -2.11. The van der Waals surface area contributed by atoms with Crippen LogP contribution < -0.4 is 0 Å². The average molecular weight is 352 g/mol. The molecule has 1 atom stereocenters. The molecule has 1 unspecified atom stereocenters. The SMILES string of the molecule is Cc1cc(C(Cl)c2csc3ccccc23)ccc1Br. The molecule has 0 aliphatic rings. The van der Waals surface area contributed by atoms with Gasteiger partial charge in [0.2, 0.25) is 0 Å². The van der Waals surface area contributed by atoms with Gasteiger partial charge in [0.05, 0.1) is 5.38 Å². The van der Waals surface area contributed by atoms with Crippen LogP contribution in [0.2, 0.25) is 0 Å². The smallest absolute Gasteiger partial charge is 0.0849 e. The number of hydrogen-bond acceptors (Lipinski definition) is 1. The van der Waals surface area contributed by atoms with Crippen LogP contribution in [0.25, 0.3) is 10.1 Å². The zero-order valence-corrected chi connectivity index (χ0v) is 13.5. The number of alkyl halides is 1. The molecule has 0 spiro atoms. The molecule has 0 fully saturated rings. The van der Waals surface area contributed by atoms with Crippen molar-refractivity contribution in [1.82, 2.24) is 0 Å². The predicted molar refractivity (Wildman–Crippen MR) is 88.4 cm³/mol. The minimum Gasteiger partial charge on any atom is -0.143 e. The number of fused-ring (bicyclic) bond motifs is 1. The summed E-state index contributed by atoms with van der Waals surface area (Å²) in [5.41, 5.74) is 3.55. The van der Waals surface area contributed by atoms with Crippen LogP contribution in [-0.2, 0) is 0 Å². The summed E-state index contributed by atoms with van der Waals surface area (Å²) in [6.45, 7) is 2.09. The van der Waals surface area contributed by atoms with Crippen molar-refractivity contribution in [2.45, 2.75) is 12.3 Å². The number of hydrogen-bond donors (Lipinski definition) is 0. The van der Waals surface area contributed by atoms with Crippen molar-refractivity contribution >= 4 is 49.0 Å². The molecule has 3 rings (SSSR count). The van der Waals surface area contributed by atoms with E-state index in [4.69, 9.17) is 11.6 Å². The van der Waals surface area contributed by atoms with E-state index in [-0.39, 0.29) is 5.38 Å². The molecule has 0 amide bonds. The van der Waals surface area contributed by atoms with E-state index in [1.807, 2.05) is 0 Å². The number of aryl methyl sites for hydroxylation is 1. The highest BCUT2D eigenvalue weighted by Gasteiger charge is 2.15. The summed E-state index contributed by atoms with van der Waals surface area (Å²) in [6, 6.07) is 14.7. The van der Waals surface area contributed by atoms with Gasteiger partial charge in [-0.05, 0) is 46.5 Å². The van der Waals surface area contributed by atoms with E-state index in [0.717, 1.165) is 10.0 Å². The summed E-state index contributed by atoms with van der Waals surface area (Å²) in [5, 5.41) is 3.33. The molecule has 0 N–H and O–H groups in total. The second-order valence-electron chi connectivity index (χ2n) is 4.56. The highest BCUT2D eigenvalue weighted by molar-refractivity contribution is 9.10. The van der Waals surface area contributed by atoms with Crippen LogP contribution in [0.15, 0.2) is 52.3 Å². The Morgan fingerprint density at radius 2 is 1.95 bits per heavy atom. The molecule has 19 heavy (non-hydrogen) atoms. The Hall–Kier alpha value is -0.830. The van der Waals surface area contributed by atoms with Crippen LogP contribution in [0.1, 0.15) is 22.1 Å². The first-order valence-corrected chi connectivity index (χ1v) is 8.14. The molecule has 0 aliphatic carbocycles. The van der Waals surface area contributed by atoms with E-state index in [2.05, 4.69) is 70.7 Å². The summed E-state index contributed by atoms with van der Waals surface area (Å²) < 4.78 is 2.41. The van der Waals surface area contributed by atoms with Gasteiger partial charge in [-0.2, -0.15) is 0 Å². The van der Waals surface area contributed by atoms with E-state index in [1.165, 1.54) is 21.2 Å². The molecule has 0 saturated heterocycles. The summed E-state index contributed by atoms with van der Waals surface area (Å²) in [7, 11) is 0. The van der Waals surface area contributed by atoms with E-state index in [0.29, 0.717) is 0 Å². The topological polar surface area (TPSA) is 0 Å². The minimum atomic E-state index is -0.0945. The Bertz CT molecular complexity index is 732. The Balaban J connectivity index is 2.08. The first-order valence-electron chi connectivity index (χ1n) is 6.03. The second kappa shape index (κ2) is 5.28. The first kappa shape index (κ1) is 13.2. The molecule has 0 saturated carbocycles. The molecule has 1 heterocycles. The van der Waals surface area contributed by atoms with Gasteiger partial charge >= 0.3 is 0 Å². The Morgan fingerprint density at radius 1 is 1.16 bits per heavy atom. The van der Waals surface area contributed by atoms with Crippen LogP contribution >= 0.6 is 38.9 Å². The minimum absolute atomic E-state index is 0.0945. The lowest BCUT2D eigenvalue weighted by Crippen LogP contribution is -1.93. The van der Waals surface area contributed by atoms with Crippen LogP contribution in [0.3, 0.4) is 0 Å². The maximum Gasteiger partial charge on any atom is 0.0849 e. The van der Waals surface area contributed by atoms with Crippen LogP contribution in [0.5, 0.6) is 0 Å². The number of benzene rings is 2. The van der Waals surface area contributed by atoms with Gasteiger partial charge in [-0.15, -0.1) is 22.9 Å². The first-order chi connectivity index (χ1) is 9.16. The number of rotatable bonds is 2. The van der Waals surface area contributed by atoms with Gasteiger partial charge in [-0.3, -0.25) is 0 Å².